The summed E-state index contributed by atoms with van der Waals surface area (Å²) >= 11 is 0. The monoisotopic (exact) mass is 711 g/mol. The van der Waals surface area contributed by atoms with E-state index in [0.717, 1.165) is 61.5 Å². The van der Waals surface area contributed by atoms with Crippen LogP contribution in [0.2, 0.25) is 0 Å². The minimum absolute atomic E-state index is 0.0248. The molecular formula is C34H45F4N5O5S. The van der Waals surface area contributed by atoms with E-state index in [-0.39, 0.29) is 40.2 Å². The fourth-order valence-corrected chi connectivity index (χ4v) is 7.07. The summed E-state index contributed by atoms with van der Waals surface area (Å²) in [4.78, 5) is 2.21. The van der Waals surface area contributed by atoms with Gasteiger partial charge in [-0.05, 0) is 68.4 Å². The molecule has 1 fully saturated rings. The topological polar surface area (TPSA) is 120 Å². The fourth-order valence-electron chi connectivity index (χ4n) is 6.54. The quantitative estimate of drug-likeness (QED) is 0.128. The highest BCUT2D eigenvalue weighted by molar-refractivity contribution is 7.89. The summed E-state index contributed by atoms with van der Waals surface area (Å²) in [5, 5.41) is 12.3. The van der Waals surface area contributed by atoms with Crippen molar-refractivity contribution in [2.45, 2.75) is 68.2 Å². The first-order valence-corrected chi connectivity index (χ1v) is 17.7. The summed E-state index contributed by atoms with van der Waals surface area (Å²) in [5.41, 5.74) is 1.58. The highest BCUT2D eigenvalue weighted by atomic mass is 32.2. The van der Waals surface area contributed by atoms with Crippen LogP contribution in [0.3, 0.4) is 0 Å². The third kappa shape index (κ3) is 10.0. The molecule has 1 aromatic heterocycles. The zero-order chi connectivity index (χ0) is 35.7. The number of anilines is 2. The molecule has 10 nitrogen and oxygen atoms in total. The lowest BCUT2D eigenvalue weighted by molar-refractivity contribution is -0.140. The number of halogens is 4. The first kappa shape index (κ1) is 38.3. The molecule has 4 rings (SSSR count). The second-order valence-corrected chi connectivity index (χ2v) is 13.6. The number of primary sulfonamides is 1. The molecule has 0 bridgehead atoms. The number of fused-ring (bicyclic) bond motifs is 1. The summed E-state index contributed by atoms with van der Waals surface area (Å²) in [7, 11) is -0.652. The molecule has 0 atom stereocenters. The number of nitrogens with two attached hydrogens (primary N) is 1. The molecule has 1 aliphatic carbocycles. The summed E-state index contributed by atoms with van der Waals surface area (Å²) in [6.45, 7) is 2.62. The minimum Gasteiger partial charge on any atom is -0.461 e. The Kier molecular flexibility index (Phi) is 13.2. The van der Waals surface area contributed by atoms with E-state index in [1.807, 2.05) is 6.07 Å². The smallest absolute Gasteiger partial charge is 0.406 e. The van der Waals surface area contributed by atoms with E-state index in [2.05, 4.69) is 34.3 Å². The minimum atomic E-state index is -4.49. The lowest BCUT2D eigenvalue weighted by Gasteiger charge is -2.48. The molecule has 1 saturated carbocycles. The number of hydrogen-bond donors (Lipinski definition) is 3. The van der Waals surface area contributed by atoms with Crippen molar-refractivity contribution < 1.29 is 40.2 Å². The van der Waals surface area contributed by atoms with Gasteiger partial charge in [-0.1, -0.05) is 18.9 Å². The van der Waals surface area contributed by atoms with Crippen LogP contribution >= 0.6 is 0 Å². The van der Waals surface area contributed by atoms with E-state index in [4.69, 9.17) is 19.3 Å². The van der Waals surface area contributed by atoms with Crippen LogP contribution in [0.5, 0.6) is 5.75 Å². The SMILES string of the molecule is CC[C@]1(N(CCOC)CCOC)CC[C@H](Nc2cccc3c2cc(C#CCNc2ccc(S(N)(=O)=O)cc2OCF)n3CC(F)(F)F)CC1. The molecule has 0 spiro atoms. The van der Waals surface area contributed by atoms with Crippen LogP contribution in [0.15, 0.2) is 47.4 Å². The molecule has 4 N–H and O–H groups in total. The van der Waals surface area contributed by atoms with E-state index >= 15 is 0 Å². The van der Waals surface area contributed by atoms with Crippen LogP contribution in [0.25, 0.3) is 10.9 Å². The van der Waals surface area contributed by atoms with Crippen molar-refractivity contribution in [2.24, 2.45) is 5.14 Å². The Morgan fingerprint density at radius 2 is 1.76 bits per heavy atom. The molecule has 3 aromatic rings. The molecule has 2 aromatic carbocycles. The standard InChI is InChI=1S/C34H45F4N5O5S/c1-4-33(42(17-19-46-2)18-20-47-3)14-12-25(13-15-33)41-29-8-5-9-31-28(29)21-26(43(31)23-34(36,37)38)7-6-16-40-30-11-10-27(49(39,44)45)22-32(30)48-24-35/h5,8-11,21-22,25,40-41H,4,12-20,23-24H2,1-3H3,(H2,39,44,45)/t25-,33-. The number of aromatic nitrogens is 1. The second-order valence-electron chi connectivity index (χ2n) is 12.1. The Morgan fingerprint density at radius 3 is 2.35 bits per heavy atom. The normalized spacial score (nSPS) is 18.3. The first-order chi connectivity index (χ1) is 23.3. The molecule has 0 saturated heterocycles. The van der Waals surface area contributed by atoms with Gasteiger partial charge in [-0.3, -0.25) is 4.90 Å². The summed E-state index contributed by atoms with van der Waals surface area (Å²) in [5.74, 6) is 5.56. The van der Waals surface area contributed by atoms with Crippen LogP contribution < -0.4 is 20.5 Å². The zero-order valence-corrected chi connectivity index (χ0v) is 28.9. The van der Waals surface area contributed by atoms with Gasteiger partial charge in [-0.15, -0.1) is 0 Å². The largest absolute Gasteiger partial charge is 0.461 e. The number of nitrogens with zero attached hydrogens (tertiary/aromatic N) is 2. The Morgan fingerprint density at radius 1 is 1.06 bits per heavy atom. The van der Waals surface area contributed by atoms with Crippen LogP contribution in [0.1, 0.15) is 44.7 Å². The second kappa shape index (κ2) is 16.9. The maximum atomic E-state index is 13.8. The van der Waals surface area contributed by atoms with Crippen LogP contribution in [0.4, 0.5) is 28.9 Å². The van der Waals surface area contributed by atoms with Crippen LogP contribution in [-0.4, -0.2) is 89.6 Å². The van der Waals surface area contributed by atoms with Crippen molar-refractivity contribution in [1.82, 2.24) is 9.47 Å². The third-order valence-electron chi connectivity index (χ3n) is 9.09. The zero-order valence-electron chi connectivity index (χ0n) is 28.0. The van der Waals surface area contributed by atoms with Crippen molar-refractivity contribution in [2.75, 3.05) is 64.6 Å². The average Bonchev–Trinajstić information content (AvgIpc) is 3.40. The van der Waals surface area contributed by atoms with Gasteiger partial charge >= 0.3 is 6.18 Å². The maximum Gasteiger partial charge on any atom is 0.406 e. The van der Waals surface area contributed by atoms with Gasteiger partial charge in [0.2, 0.25) is 16.9 Å². The molecule has 0 radical (unpaired) electrons. The van der Waals surface area contributed by atoms with Gasteiger partial charge in [0.05, 0.1) is 41.6 Å². The molecule has 270 valence electrons. The number of ether oxygens (including phenoxy) is 3. The molecule has 1 aliphatic rings. The van der Waals surface area contributed by atoms with Crippen LogP contribution in [0, 0.1) is 11.8 Å². The van der Waals surface area contributed by atoms with Gasteiger partial charge in [0.1, 0.15) is 12.3 Å². The van der Waals surface area contributed by atoms with E-state index in [0.29, 0.717) is 24.1 Å². The Balaban J connectivity index is 1.54. The van der Waals surface area contributed by atoms with Gasteiger partial charge in [0, 0.05) is 56.0 Å². The van der Waals surface area contributed by atoms with Gasteiger partial charge < -0.3 is 29.4 Å². The van der Waals surface area contributed by atoms with Crippen molar-refractivity contribution in [1.29, 1.82) is 0 Å². The Bertz CT molecular complexity index is 1710. The molecule has 49 heavy (non-hydrogen) atoms. The predicted molar refractivity (Wildman–Crippen MR) is 182 cm³/mol. The number of hydrogen-bond acceptors (Lipinski definition) is 8. The molecule has 0 amide bonds. The van der Waals surface area contributed by atoms with Gasteiger partial charge in [-0.25, -0.2) is 17.9 Å². The highest BCUT2D eigenvalue weighted by Gasteiger charge is 2.39. The predicted octanol–water partition coefficient (Wildman–Crippen LogP) is 5.72. The van der Waals surface area contributed by atoms with Crippen molar-refractivity contribution in [3.8, 4) is 17.6 Å². The van der Waals surface area contributed by atoms with Gasteiger partial charge in [-0.2, -0.15) is 13.2 Å². The van der Waals surface area contributed by atoms with Crippen molar-refractivity contribution in [3.05, 3.63) is 48.2 Å². The molecular weight excluding hydrogens is 666 g/mol. The van der Waals surface area contributed by atoms with Crippen LogP contribution in [-0.2, 0) is 26.0 Å². The number of benzene rings is 2. The molecule has 0 unspecified atom stereocenters. The summed E-state index contributed by atoms with van der Waals surface area (Å²) in [6, 6.07) is 10.7. The number of sulfonamides is 1. The Labute approximate surface area is 285 Å². The van der Waals surface area contributed by atoms with E-state index in [9.17, 15) is 26.0 Å². The number of methoxy groups -OCH3 is 2. The summed E-state index contributed by atoms with van der Waals surface area (Å²) < 4.78 is 94.4. The highest BCUT2D eigenvalue weighted by Crippen LogP contribution is 2.39. The van der Waals surface area contributed by atoms with Gasteiger partial charge in [0.25, 0.3) is 0 Å². The summed E-state index contributed by atoms with van der Waals surface area (Å²) in [6.07, 6.45) is 0.227. The first-order valence-electron chi connectivity index (χ1n) is 16.1. The number of rotatable bonds is 16. The maximum absolute atomic E-state index is 13.8. The number of alkyl halides is 4. The van der Waals surface area contributed by atoms with Crippen molar-refractivity contribution in [3.63, 3.8) is 0 Å². The van der Waals surface area contributed by atoms with Gasteiger partial charge in [0.15, 0.2) is 0 Å². The molecule has 1 heterocycles. The van der Waals surface area contributed by atoms with E-state index in [1.165, 1.54) is 12.1 Å². The van der Waals surface area contributed by atoms with E-state index < -0.39 is 29.6 Å². The average molecular weight is 712 g/mol. The number of nitrogens with one attached hydrogen (secondary N) is 2. The Hall–Kier alpha value is -3.55. The molecule has 0 aliphatic heterocycles. The lowest BCUT2D eigenvalue weighted by atomic mass is 9.76. The lowest BCUT2D eigenvalue weighted by Crippen LogP contribution is -2.54. The molecule has 15 heteroatoms. The fraction of sp³-hybridized carbons (Fsp3) is 0.529. The third-order valence-corrected chi connectivity index (χ3v) is 10.0. The van der Waals surface area contributed by atoms with E-state index in [1.54, 1.807) is 32.4 Å². The van der Waals surface area contributed by atoms with Crippen molar-refractivity contribution >= 4 is 32.3 Å².